The van der Waals surface area contributed by atoms with E-state index in [4.69, 9.17) is 11.6 Å². The van der Waals surface area contributed by atoms with Gasteiger partial charge in [-0.15, -0.1) is 0 Å². The van der Waals surface area contributed by atoms with Crippen LogP contribution in [0, 0.1) is 0 Å². The summed E-state index contributed by atoms with van der Waals surface area (Å²) in [6, 6.07) is 4.97. The van der Waals surface area contributed by atoms with E-state index in [1.807, 2.05) is 4.72 Å². The molecule has 0 aliphatic rings. The van der Waals surface area contributed by atoms with Crippen LogP contribution in [-0.2, 0) is 20.9 Å². The summed E-state index contributed by atoms with van der Waals surface area (Å²) in [5, 5.41) is -0.317. The van der Waals surface area contributed by atoms with Crippen molar-refractivity contribution < 1.29 is 31.1 Å². The van der Waals surface area contributed by atoms with Gasteiger partial charge in [0.25, 0.3) is 10.0 Å². The van der Waals surface area contributed by atoms with E-state index >= 15 is 0 Å². The molecule has 2 aromatic rings. The van der Waals surface area contributed by atoms with Gasteiger partial charge in [-0.1, -0.05) is 22.9 Å². The molecule has 0 saturated carbocycles. The van der Waals surface area contributed by atoms with Gasteiger partial charge in [0.1, 0.15) is 4.88 Å². The fourth-order valence-corrected chi connectivity index (χ4v) is 3.92. The first-order chi connectivity index (χ1) is 11.5. The summed E-state index contributed by atoms with van der Waals surface area (Å²) in [5.41, 5.74) is -1.51. The Kier molecular flexibility index (Phi) is 5.59. The minimum atomic E-state index is -4.94. The van der Waals surface area contributed by atoms with Crippen LogP contribution in [0.3, 0.4) is 0 Å². The first-order valence-electron chi connectivity index (χ1n) is 6.58. The van der Waals surface area contributed by atoms with E-state index in [1.165, 1.54) is 31.2 Å². The van der Waals surface area contributed by atoms with Crippen LogP contribution in [0.5, 0.6) is 0 Å². The number of nitrogens with one attached hydrogen (secondary N) is 1. The molecular formula is C13H10ClF3N2O4S2. The van der Waals surface area contributed by atoms with E-state index in [0.29, 0.717) is 0 Å². The number of ether oxygens (including phenoxy) is 1. The second-order valence-corrected chi connectivity index (χ2v) is 7.59. The van der Waals surface area contributed by atoms with Crippen LogP contribution in [0.15, 0.2) is 29.2 Å². The summed E-state index contributed by atoms with van der Waals surface area (Å²) in [6.07, 6.45) is -4.94. The van der Waals surface area contributed by atoms with Crippen LogP contribution in [0.1, 0.15) is 22.3 Å². The van der Waals surface area contributed by atoms with Crippen LogP contribution < -0.4 is 4.72 Å². The molecule has 1 aromatic carbocycles. The van der Waals surface area contributed by atoms with Crippen LogP contribution in [-0.4, -0.2) is 26.0 Å². The van der Waals surface area contributed by atoms with Gasteiger partial charge in [0.05, 0.1) is 11.5 Å². The summed E-state index contributed by atoms with van der Waals surface area (Å²) >= 11 is 5.90. The second-order valence-electron chi connectivity index (χ2n) is 4.47. The van der Waals surface area contributed by atoms with Crippen LogP contribution in [0.25, 0.3) is 0 Å². The molecule has 0 bridgehead atoms. The number of hydrogen-bond acceptors (Lipinski definition) is 6. The minimum absolute atomic E-state index is 0.139. The monoisotopic (exact) mass is 414 g/mol. The molecule has 1 aromatic heterocycles. The molecule has 1 N–H and O–H groups in total. The van der Waals surface area contributed by atoms with E-state index in [0.717, 1.165) is 0 Å². The van der Waals surface area contributed by atoms with Crippen molar-refractivity contribution in [2.75, 3.05) is 11.3 Å². The maximum Gasteiger partial charge on any atom is 0.435 e. The zero-order valence-corrected chi connectivity index (χ0v) is 14.8. The first-order valence-corrected chi connectivity index (χ1v) is 9.26. The smallest absolute Gasteiger partial charge is 0.435 e. The van der Waals surface area contributed by atoms with Gasteiger partial charge in [-0.3, -0.25) is 4.72 Å². The third kappa shape index (κ3) is 4.61. The highest BCUT2D eigenvalue weighted by molar-refractivity contribution is 7.93. The molecule has 0 atom stereocenters. The molecule has 25 heavy (non-hydrogen) atoms. The van der Waals surface area contributed by atoms with E-state index < -0.39 is 37.9 Å². The number of carbonyl (C=O) groups excluding carboxylic acids is 1. The summed E-state index contributed by atoms with van der Waals surface area (Å²) in [6.45, 7) is 1.29. The van der Waals surface area contributed by atoms with Crippen molar-refractivity contribution in [1.29, 1.82) is 0 Å². The maximum atomic E-state index is 13.0. The normalized spacial score (nSPS) is 12.0. The molecule has 0 aliphatic carbocycles. The average Bonchev–Trinajstić information content (AvgIpc) is 2.91. The molecule has 1 heterocycles. The lowest BCUT2D eigenvalue weighted by Crippen LogP contribution is -2.14. The van der Waals surface area contributed by atoms with Gasteiger partial charge >= 0.3 is 12.1 Å². The van der Waals surface area contributed by atoms with E-state index in [-0.39, 0.29) is 27.9 Å². The Bertz CT molecular complexity index is 880. The third-order valence-corrected chi connectivity index (χ3v) is 5.39. The van der Waals surface area contributed by atoms with Crippen molar-refractivity contribution in [3.63, 3.8) is 0 Å². The summed E-state index contributed by atoms with van der Waals surface area (Å²) in [5.74, 6) is -1.23. The van der Waals surface area contributed by atoms with Crippen molar-refractivity contribution in [2.45, 2.75) is 18.0 Å². The third-order valence-electron chi connectivity index (χ3n) is 2.70. The predicted octanol–water partition coefficient (Wildman–Crippen LogP) is 3.79. The Labute approximate surface area is 149 Å². The van der Waals surface area contributed by atoms with Gasteiger partial charge < -0.3 is 4.74 Å². The highest BCUT2D eigenvalue weighted by Crippen LogP contribution is 2.37. The Morgan fingerprint density at radius 1 is 1.32 bits per heavy atom. The molecule has 0 amide bonds. The fraction of sp³-hybridized carbons (Fsp3) is 0.231. The number of benzene rings is 1. The van der Waals surface area contributed by atoms with Gasteiger partial charge in [0.15, 0.2) is 10.8 Å². The van der Waals surface area contributed by atoms with Crippen molar-refractivity contribution in [1.82, 2.24) is 4.98 Å². The van der Waals surface area contributed by atoms with Crippen molar-refractivity contribution in [3.05, 3.63) is 39.9 Å². The number of carbonyl (C=O) groups is 1. The number of esters is 1. The number of hydrogen-bond donors (Lipinski definition) is 1. The zero-order chi connectivity index (χ0) is 18.8. The predicted molar refractivity (Wildman–Crippen MR) is 85.3 cm³/mol. The number of anilines is 1. The zero-order valence-electron chi connectivity index (χ0n) is 12.4. The lowest BCUT2D eigenvalue weighted by atomic mass is 10.3. The number of thiazole rings is 1. The molecule has 0 spiro atoms. The number of sulfonamides is 1. The number of aromatic nitrogens is 1. The van der Waals surface area contributed by atoms with Gasteiger partial charge in [-0.2, -0.15) is 13.2 Å². The topological polar surface area (TPSA) is 85.4 Å². The molecule has 6 nitrogen and oxygen atoms in total. The highest BCUT2D eigenvalue weighted by atomic mass is 35.5. The standard InChI is InChI=1S/C13H10ClF3N2O4S2/c1-2-23-11(20)9-10(13(15,16)17)18-12(24-9)19-25(21,22)8-5-3-7(14)4-6-8/h3-6H,2H2,1H3,(H,18,19). The summed E-state index contributed by atoms with van der Waals surface area (Å²) < 4.78 is 69.9. The Balaban J connectivity index is 2.40. The molecular weight excluding hydrogens is 405 g/mol. The highest BCUT2D eigenvalue weighted by Gasteiger charge is 2.40. The van der Waals surface area contributed by atoms with Crippen molar-refractivity contribution in [2.24, 2.45) is 0 Å². The summed E-state index contributed by atoms with van der Waals surface area (Å²) in [4.78, 5) is 13.8. The first kappa shape index (κ1) is 19.5. The molecule has 12 heteroatoms. The quantitative estimate of drug-likeness (QED) is 0.752. The minimum Gasteiger partial charge on any atom is -0.462 e. The van der Waals surface area contributed by atoms with Crippen molar-refractivity contribution in [3.8, 4) is 0 Å². The molecule has 2 rings (SSSR count). The molecule has 136 valence electrons. The maximum absolute atomic E-state index is 13.0. The molecule has 0 saturated heterocycles. The number of halogens is 4. The van der Waals surface area contributed by atoms with E-state index in [2.05, 4.69) is 9.72 Å². The number of rotatable bonds is 5. The lowest BCUT2D eigenvalue weighted by Gasteiger charge is -2.05. The largest absolute Gasteiger partial charge is 0.462 e. The van der Waals surface area contributed by atoms with E-state index in [1.54, 1.807) is 0 Å². The number of alkyl halides is 3. The van der Waals surface area contributed by atoms with Gasteiger partial charge in [0.2, 0.25) is 0 Å². The van der Waals surface area contributed by atoms with Gasteiger partial charge in [-0.25, -0.2) is 18.2 Å². The SMILES string of the molecule is CCOC(=O)c1sc(NS(=O)(=O)c2ccc(Cl)cc2)nc1C(F)(F)F. The van der Waals surface area contributed by atoms with Crippen LogP contribution in [0.2, 0.25) is 5.02 Å². The van der Waals surface area contributed by atoms with Crippen molar-refractivity contribution >= 4 is 44.1 Å². The van der Waals surface area contributed by atoms with Gasteiger partial charge in [-0.05, 0) is 31.2 Å². The fourth-order valence-electron chi connectivity index (χ4n) is 1.68. The Morgan fingerprint density at radius 2 is 1.92 bits per heavy atom. The number of nitrogens with zero attached hydrogens (tertiary/aromatic N) is 1. The average molecular weight is 415 g/mol. The van der Waals surface area contributed by atoms with Crippen LogP contribution in [0.4, 0.5) is 18.3 Å². The Morgan fingerprint density at radius 3 is 2.44 bits per heavy atom. The molecule has 0 unspecified atom stereocenters. The second kappa shape index (κ2) is 7.18. The summed E-state index contributed by atoms with van der Waals surface area (Å²) in [7, 11) is -4.20. The molecule has 0 aliphatic heterocycles. The van der Waals surface area contributed by atoms with Gasteiger partial charge in [0, 0.05) is 5.02 Å². The lowest BCUT2D eigenvalue weighted by molar-refractivity contribution is -0.141. The van der Waals surface area contributed by atoms with Crippen LogP contribution >= 0.6 is 22.9 Å². The molecule has 0 fully saturated rings. The Hall–Kier alpha value is -1.85. The van der Waals surface area contributed by atoms with E-state index in [9.17, 15) is 26.4 Å². The molecule has 0 radical (unpaired) electrons.